The monoisotopic (exact) mass is 679 g/mol. The summed E-state index contributed by atoms with van der Waals surface area (Å²) in [5, 5.41) is 23.3. The molecule has 6 rings (SSSR count). The Labute approximate surface area is 276 Å². The zero-order valence-electron chi connectivity index (χ0n) is 24.8. The summed E-state index contributed by atoms with van der Waals surface area (Å²) in [4.78, 5) is 30.9. The van der Waals surface area contributed by atoms with Crippen molar-refractivity contribution in [2.45, 2.75) is 17.9 Å². The molecule has 0 bridgehead atoms. The smallest absolute Gasteiger partial charge is 0.251 e. The van der Waals surface area contributed by atoms with Gasteiger partial charge < -0.3 is 25.6 Å². The number of aromatic nitrogens is 3. The Bertz CT molecular complexity index is 2090. The quantitative estimate of drug-likeness (QED) is 0.192. The average Bonchev–Trinajstić information content (AvgIpc) is 3.42. The lowest BCUT2D eigenvalue weighted by molar-refractivity contribution is -0.123. The fraction of sp³-hybridized carbons (Fsp3) is 0.182. The van der Waals surface area contributed by atoms with Crippen LogP contribution in [0.15, 0.2) is 66.7 Å². The number of hydrogen-bond acceptors (Lipinski definition) is 8. The summed E-state index contributed by atoms with van der Waals surface area (Å²) in [6, 6.07) is 15.9. The van der Waals surface area contributed by atoms with E-state index in [1.807, 2.05) is 0 Å². The van der Waals surface area contributed by atoms with Crippen molar-refractivity contribution in [1.82, 2.24) is 20.5 Å². The van der Waals surface area contributed by atoms with E-state index in [0.29, 0.717) is 22.5 Å². The summed E-state index contributed by atoms with van der Waals surface area (Å²) in [5.41, 5.74) is 2.88. The van der Waals surface area contributed by atoms with E-state index >= 15 is 4.39 Å². The van der Waals surface area contributed by atoms with Crippen molar-refractivity contribution < 1.29 is 33.0 Å². The lowest BCUT2D eigenvalue weighted by Gasteiger charge is -2.30. The van der Waals surface area contributed by atoms with Gasteiger partial charge in [-0.15, -0.1) is 10.2 Å². The second kappa shape index (κ2) is 12.0. The molecule has 10 nitrogen and oxygen atoms in total. The van der Waals surface area contributed by atoms with Gasteiger partial charge in [0, 0.05) is 28.1 Å². The number of carbonyl (C=O) groups excluding carboxylic acids is 2. The molecule has 240 valence electrons. The van der Waals surface area contributed by atoms with E-state index in [0.717, 1.165) is 6.07 Å². The molecule has 2 atom stereocenters. The Hall–Kier alpha value is -4.91. The molecule has 4 N–H and O–H groups in total. The summed E-state index contributed by atoms with van der Waals surface area (Å²) in [6.45, 7) is 0.887. The van der Waals surface area contributed by atoms with Crippen LogP contribution in [-0.4, -0.2) is 52.4 Å². The van der Waals surface area contributed by atoms with Gasteiger partial charge in [0.25, 0.3) is 5.91 Å². The minimum Gasteiger partial charge on any atom is -0.494 e. The second-order valence-corrected chi connectivity index (χ2v) is 12.0. The van der Waals surface area contributed by atoms with Gasteiger partial charge in [0.2, 0.25) is 5.91 Å². The number of nitrogens with two attached hydrogens (primary N) is 1. The van der Waals surface area contributed by atoms with Crippen molar-refractivity contribution in [1.29, 1.82) is 0 Å². The van der Waals surface area contributed by atoms with Gasteiger partial charge in [0.15, 0.2) is 5.15 Å². The number of nitrogens with one attached hydrogen (secondary N) is 1. The predicted octanol–water partition coefficient (Wildman–Crippen LogP) is 5.09. The molecule has 3 heterocycles. The Balaban J connectivity index is 1.50. The first-order valence-corrected chi connectivity index (χ1v) is 14.8. The van der Waals surface area contributed by atoms with Crippen molar-refractivity contribution in [3.05, 3.63) is 111 Å². The topological polar surface area (TPSA) is 150 Å². The number of nitrogens with zero attached hydrogens (tertiary/aromatic N) is 3. The molecule has 5 aromatic rings. The SMILES string of the molecule is COc1cc(C(=O)NC[C@@](O)(c2ccccc2)c2cc3c(c(-c4cc(Cl)c(F)cc4F)n2)OC[C@]3(C)C(N)=O)cc2cc(Cl)nnc12. The number of halogens is 4. The van der Waals surface area contributed by atoms with Crippen molar-refractivity contribution >= 4 is 45.9 Å². The fourth-order valence-electron chi connectivity index (χ4n) is 5.44. The average molecular weight is 680 g/mol. The van der Waals surface area contributed by atoms with Gasteiger partial charge >= 0.3 is 0 Å². The van der Waals surface area contributed by atoms with Crippen LogP contribution < -0.4 is 20.5 Å². The lowest BCUT2D eigenvalue weighted by atomic mass is 9.80. The number of benzene rings is 3. The van der Waals surface area contributed by atoms with Gasteiger partial charge in [-0.05, 0) is 42.8 Å². The summed E-state index contributed by atoms with van der Waals surface area (Å²) in [6.07, 6.45) is 0. The molecular weight excluding hydrogens is 655 g/mol. The van der Waals surface area contributed by atoms with E-state index in [9.17, 15) is 19.1 Å². The van der Waals surface area contributed by atoms with Crippen molar-refractivity contribution in [2.75, 3.05) is 20.3 Å². The molecule has 2 amide bonds. The van der Waals surface area contributed by atoms with Crippen LogP contribution in [0.25, 0.3) is 22.2 Å². The van der Waals surface area contributed by atoms with Gasteiger partial charge in [-0.3, -0.25) is 9.59 Å². The summed E-state index contributed by atoms with van der Waals surface area (Å²) < 4.78 is 40.7. The summed E-state index contributed by atoms with van der Waals surface area (Å²) in [5.74, 6) is -3.07. The van der Waals surface area contributed by atoms with Crippen LogP contribution in [-0.2, 0) is 15.8 Å². The largest absolute Gasteiger partial charge is 0.494 e. The van der Waals surface area contributed by atoms with E-state index < -0.39 is 41.0 Å². The van der Waals surface area contributed by atoms with Gasteiger partial charge in [0.05, 0.1) is 24.4 Å². The third-order valence-corrected chi connectivity index (χ3v) is 8.64. The van der Waals surface area contributed by atoms with Crippen LogP contribution in [0.1, 0.15) is 34.1 Å². The van der Waals surface area contributed by atoms with Gasteiger partial charge in [-0.2, -0.15) is 0 Å². The Morgan fingerprint density at radius 2 is 1.83 bits per heavy atom. The zero-order valence-corrected chi connectivity index (χ0v) is 26.3. The number of methoxy groups -OCH3 is 1. The Morgan fingerprint density at radius 3 is 2.53 bits per heavy atom. The highest BCUT2D eigenvalue weighted by Gasteiger charge is 2.46. The number of ether oxygens (including phenoxy) is 2. The fourth-order valence-corrected chi connectivity index (χ4v) is 5.76. The number of rotatable bonds is 8. The molecule has 47 heavy (non-hydrogen) atoms. The van der Waals surface area contributed by atoms with Crippen molar-refractivity contribution in [3.8, 4) is 22.8 Å². The molecule has 0 saturated carbocycles. The number of amides is 2. The predicted molar refractivity (Wildman–Crippen MR) is 170 cm³/mol. The highest BCUT2D eigenvalue weighted by atomic mass is 35.5. The molecule has 3 aromatic carbocycles. The van der Waals surface area contributed by atoms with Gasteiger partial charge in [-0.25, -0.2) is 13.8 Å². The zero-order chi connectivity index (χ0) is 33.7. The number of hydrogen-bond donors (Lipinski definition) is 3. The molecule has 0 saturated heterocycles. The first-order chi connectivity index (χ1) is 22.4. The van der Waals surface area contributed by atoms with E-state index in [-0.39, 0.29) is 56.4 Å². The maximum atomic E-state index is 15.3. The molecule has 0 aliphatic carbocycles. The Kier molecular flexibility index (Phi) is 8.20. The first-order valence-electron chi connectivity index (χ1n) is 14.1. The molecular formula is C33H25Cl2F2N5O5. The maximum absolute atomic E-state index is 15.3. The molecule has 0 radical (unpaired) electrons. The van der Waals surface area contributed by atoms with Crippen LogP contribution in [0.2, 0.25) is 10.2 Å². The minimum atomic E-state index is -2.07. The number of pyridine rings is 1. The highest BCUT2D eigenvalue weighted by molar-refractivity contribution is 6.31. The van der Waals surface area contributed by atoms with Crippen molar-refractivity contribution in [2.24, 2.45) is 5.73 Å². The van der Waals surface area contributed by atoms with E-state index in [2.05, 4.69) is 20.5 Å². The number of carbonyl (C=O) groups is 2. The molecule has 14 heteroatoms. The third kappa shape index (κ3) is 5.58. The first kappa shape index (κ1) is 32.0. The van der Waals surface area contributed by atoms with E-state index in [1.165, 1.54) is 38.3 Å². The van der Waals surface area contributed by atoms with Crippen LogP contribution in [0, 0.1) is 11.6 Å². The summed E-state index contributed by atoms with van der Waals surface area (Å²) in [7, 11) is 1.42. The van der Waals surface area contributed by atoms with Gasteiger partial charge in [-0.1, -0.05) is 53.5 Å². The standard InChI is InChI=1S/C33H25Cl2F2N5O5/c1-32(31(38)44)15-47-29-20(32)12-25(40-28(29)19-11-21(34)23(37)13-22(19)36)33(45,18-6-4-3-5-7-18)14-39-30(43)17-8-16-10-26(35)41-42-27(16)24(9-17)46-2/h3-13,45H,14-15H2,1-2H3,(H2,38,44)(H,39,43)/t32-,33+/m0/s1. The maximum Gasteiger partial charge on any atom is 0.251 e. The molecule has 0 fully saturated rings. The van der Waals surface area contributed by atoms with Crippen LogP contribution in [0.5, 0.6) is 11.5 Å². The van der Waals surface area contributed by atoms with Crippen LogP contribution in [0.4, 0.5) is 8.78 Å². The second-order valence-electron chi connectivity index (χ2n) is 11.2. The van der Waals surface area contributed by atoms with Crippen molar-refractivity contribution in [3.63, 3.8) is 0 Å². The Morgan fingerprint density at radius 1 is 1.09 bits per heavy atom. The molecule has 2 aromatic heterocycles. The molecule has 0 spiro atoms. The van der Waals surface area contributed by atoms with Crippen LogP contribution in [0.3, 0.4) is 0 Å². The molecule has 0 unspecified atom stereocenters. The lowest BCUT2D eigenvalue weighted by Crippen LogP contribution is -2.43. The summed E-state index contributed by atoms with van der Waals surface area (Å²) >= 11 is 12.0. The normalized spacial score (nSPS) is 16.7. The molecule has 1 aliphatic heterocycles. The number of aliphatic hydroxyl groups is 1. The number of fused-ring (bicyclic) bond motifs is 2. The van der Waals surface area contributed by atoms with E-state index in [4.69, 9.17) is 38.4 Å². The van der Waals surface area contributed by atoms with E-state index in [1.54, 1.807) is 30.3 Å². The van der Waals surface area contributed by atoms with Gasteiger partial charge in [0.1, 0.15) is 52.0 Å². The molecule has 1 aliphatic rings. The van der Waals surface area contributed by atoms with Crippen LogP contribution >= 0.6 is 23.2 Å². The third-order valence-electron chi connectivity index (χ3n) is 8.17. The minimum absolute atomic E-state index is 0.0149. The highest BCUT2D eigenvalue weighted by Crippen LogP contribution is 2.47. The number of primary amides is 1.